The maximum absolute atomic E-state index is 6.31. The maximum Gasteiger partial charge on any atom is 0.0754 e. The van der Waals surface area contributed by atoms with Gasteiger partial charge in [-0.2, -0.15) is 0 Å². The molecule has 1 heterocycles. The predicted octanol–water partition coefficient (Wildman–Crippen LogP) is 1.83. The highest BCUT2D eigenvalue weighted by Crippen LogP contribution is 2.35. The second-order valence-electron chi connectivity index (χ2n) is 4.30. The Bertz CT molecular complexity index is 146. The normalized spacial score (nSPS) is 35.2. The summed E-state index contributed by atoms with van der Waals surface area (Å²) in [7, 11) is 0. The van der Waals surface area contributed by atoms with Gasteiger partial charge in [0, 0.05) is 12.1 Å². The van der Waals surface area contributed by atoms with Crippen molar-refractivity contribution in [3.8, 4) is 0 Å². The minimum Gasteiger partial charge on any atom is -0.376 e. The molecule has 1 unspecified atom stereocenters. The first-order valence-corrected chi connectivity index (χ1v) is 5.22. The van der Waals surface area contributed by atoms with E-state index in [-0.39, 0.29) is 5.54 Å². The van der Waals surface area contributed by atoms with Gasteiger partial charge in [-0.3, -0.25) is 0 Å². The fraction of sp³-hybridized carbons (Fsp3) is 1.00. The average Bonchev–Trinajstić information content (AvgIpc) is 2.55. The smallest absolute Gasteiger partial charge is 0.0754 e. The maximum atomic E-state index is 6.31. The molecule has 0 aromatic heterocycles. The van der Waals surface area contributed by atoms with Crippen LogP contribution in [0.25, 0.3) is 0 Å². The number of ether oxygens (including phenoxy) is 1. The summed E-state index contributed by atoms with van der Waals surface area (Å²) in [6.07, 6.45) is 9.06. The summed E-state index contributed by atoms with van der Waals surface area (Å²) in [5.41, 5.74) is 6.35. The minimum atomic E-state index is 0.0421. The van der Waals surface area contributed by atoms with Crippen LogP contribution < -0.4 is 5.73 Å². The minimum absolute atomic E-state index is 0.0421. The summed E-state index contributed by atoms with van der Waals surface area (Å²) in [5.74, 6) is 0. The Morgan fingerprint density at radius 1 is 1.08 bits per heavy atom. The van der Waals surface area contributed by atoms with Crippen molar-refractivity contribution in [1.29, 1.82) is 0 Å². The van der Waals surface area contributed by atoms with E-state index in [1.54, 1.807) is 0 Å². The van der Waals surface area contributed by atoms with Gasteiger partial charge in [0.1, 0.15) is 0 Å². The molecule has 1 aliphatic carbocycles. The third kappa shape index (κ3) is 1.50. The molecule has 0 bridgehead atoms. The molecule has 0 radical (unpaired) electrons. The van der Waals surface area contributed by atoms with Crippen LogP contribution >= 0.6 is 0 Å². The Kier molecular flexibility index (Phi) is 2.37. The van der Waals surface area contributed by atoms with Crippen LogP contribution in [0, 0.1) is 0 Å². The van der Waals surface area contributed by atoms with E-state index in [0.717, 1.165) is 6.61 Å². The molecule has 1 atom stereocenters. The molecule has 2 aliphatic rings. The molecule has 1 aliphatic heterocycles. The van der Waals surface area contributed by atoms with Gasteiger partial charge in [-0.05, 0) is 32.1 Å². The van der Waals surface area contributed by atoms with Gasteiger partial charge in [0.15, 0.2) is 0 Å². The lowest BCUT2D eigenvalue weighted by Gasteiger charge is -2.36. The van der Waals surface area contributed by atoms with Gasteiger partial charge in [-0.15, -0.1) is 0 Å². The van der Waals surface area contributed by atoms with Crippen LogP contribution in [0.4, 0.5) is 0 Å². The Morgan fingerprint density at radius 3 is 2.42 bits per heavy atom. The van der Waals surface area contributed by atoms with E-state index in [1.165, 1.54) is 44.9 Å². The Morgan fingerprint density at radius 2 is 1.83 bits per heavy atom. The largest absolute Gasteiger partial charge is 0.376 e. The molecule has 0 aromatic carbocycles. The fourth-order valence-electron chi connectivity index (χ4n) is 2.55. The molecule has 0 aromatic rings. The van der Waals surface area contributed by atoms with Crippen molar-refractivity contribution in [3.05, 3.63) is 0 Å². The van der Waals surface area contributed by atoms with Gasteiger partial charge in [0.2, 0.25) is 0 Å². The molecular formula is C10H19NO. The molecular weight excluding hydrogens is 150 g/mol. The molecule has 2 nitrogen and oxygen atoms in total. The predicted molar refractivity (Wildman–Crippen MR) is 49.0 cm³/mol. The number of nitrogens with two attached hydrogens (primary N) is 1. The molecule has 1 saturated heterocycles. The summed E-state index contributed by atoms with van der Waals surface area (Å²) in [6.45, 7) is 0.934. The van der Waals surface area contributed by atoms with E-state index in [2.05, 4.69) is 0 Å². The summed E-state index contributed by atoms with van der Waals surface area (Å²) in [5, 5.41) is 0. The summed E-state index contributed by atoms with van der Waals surface area (Å²) < 4.78 is 5.74. The van der Waals surface area contributed by atoms with Crippen molar-refractivity contribution in [2.24, 2.45) is 5.73 Å². The topological polar surface area (TPSA) is 35.2 Å². The van der Waals surface area contributed by atoms with E-state index in [9.17, 15) is 0 Å². The zero-order valence-corrected chi connectivity index (χ0v) is 7.72. The van der Waals surface area contributed by atoms with Crippen LogP contribution in [0.15, 0.2) is 0 Å². The zero-order chi connectivity index (χ0) is 8.44. The highest BCUT2D eigenvalue weighted by atomic mass is 16.5. The van der Waals surface area contributed by atoms with Crippen molar-refractivity contribution in [2.75, 3.05) is 6.61 Å². The van der Waals surface area contributed by atoms with Crippen LogP contribution in [-0.2, 0) is 4.74 Å². The van der Waals surface area contributed by atoms with Crippen molar-refractivity contribution < 1.29 is 4.74 Å². The van der Waals surface area contributed by atoms with Crippen LogP contribution in [0.3, 0.4) is 0 Å². The van der Waals surface area contributed by atoms with E-state index >= 15 is 0 Å². The van der Waals surface area contributed by atoms with Crippen LogP contribution in [0.5, 0.6) is 0 Å². The molecule has 0 spiro atoms. The average molecular weight is 169 g/mol. The van der Waals surface area contributed by atoms with Crippen LogP contribution in [0.1, 0.15) is 44.9 Å². The lowest BCUT2D eigenvalue weighted by Crippen LogP contribution is -2.50. The third-order valence-corrected chi connectivity index (χ3v) is 3.36. The highest BCUT2D eigenvalue weighted by molar-refractivity contribution is 4.97. The van der Waals surface area contributed by atoms with Gasteiger partial charge in [-0.25, -0.2) is 0 Å². The first kappa shape index (κ1) is 8.52. The van der Waals surface area contributed by atoms with Crippen molar-refractivity contribution in [3.63, 3.8) is 0 Å². The van der Waals surface area contributed by atoms with Gasteiger partial charge in [0.05, 0.1) is 6.10 Å². The van der Waals surface area contributed by atoms with E-state index in [4.69, 9.17) is 10.5 Å². The van der Waals surface area contributed by atoms with E-state index in [1.807, 2.05) is 0 Å². The lowest BCUT2D eigenvalue weighted by atomic mass is 9.87. The molecule has 2 fully saturated rings. The molecule has 2 rings (SSSR count). The molecule has 0 amide bonds. The first-order chi connectivity index (χ1) is 5.81. The Hall–Kier alpha value is -0.0800. The van der Waals surface area contributed by atoms with Gasteiger partial charge in [-0.1, -0.05) is 12.8 Å². The summed E-state index contributed by atoms with van der Waals surface area (Å²) >= 11 is 0. The molecule has 70 valence electrons. The van der Waals surface area contributed by atoms with E-state index in [0.29, 0.717) is 6.10 Å². The zero-order valence-electron chi connectivity index (χ0n) is 7.72. The van der Waals surface area contributed by atoms with Crippen molar-refractivity contribution in [2.45, 2.75) is 56.6 Å². The van der Waals surface area contributed by atoms with Crippen LogP contribution in [0.2, 0.25) is 0 Å². The second-order valence-corrected chi connectivity index (χ2v) is 4.30. The van der Waals surface area contributed by atoms with Crippen molar-refractivity contribution in [1.82, 2.24) is 0 Å². The SMILES string of the molecule is NC1(C2CCCCO2)CCCC1. The van der Waals surface area contributed by atoms with E-state index < -0.39 is 0 Å². The molecule has 2 N–H and O–H groups in total. The number of hydrogen-bond donors (Lipinski definition) is 1. The quantitative estimate of drug-likeness (QED) is 0.650. The molecule has 1 saturated carbocycles. The van der Waals surface area contributed by atoms with Gasteiger partial charge in [0.25, 0.3) is 0 Å². The summed E-state index contributed by atoms with van der Waals surface area (Å²) in [6, 6.07) is 0. The first-order valence-electron chi connectivity index (χ1n) is 5.22. The second kappa shape index (κ2) is 3.35. The lowest BCUT2D eigenvalue weighted by molar-refractivity contribution is -0.0310. The highest BCUT2D eigenvalue weighted by Gasteiger charge is 2.38. The fourth-order valence-corrected chi connectivity index (χ4v) is 2.55. The van der Waals surface area contributed by atoms with Gasteiger partial charge < -0.3 is 10.5 Å². The molecule has 2 heteroatoms. The Balaban J connectivity index is 1.96. The van der Waals surface area contributed by atoms with Crippen LogP contribution in [-0.4, -0.2) is 18.2 Å². The third-order valence-electron chi connectivity index (χ3n) is 3.36. The standard InChI is InChI=1S/C10H19NO/c11-10(6-2-3-7-10)9-5-1-4-8-12-9/h9H,1-8,11H2. The monoisotopic (exact) mass is 169 g/mol. The number of rotatable bonds is 1. The Labute approximate surface area is 74.5 Å². The summed E-state index contributed by atoms with van der Waals surface area (Å²) in [4.78, 5) is 0. The van der Waals surface area contributed by atoms with Gasteiger partial charge >= 0.3 is 0 Å². The number of hydrogen-bond acceptors (Lipinski definition) is 2. The molecule has 12 heavy (non-hydrogen) atoms. The van der Waals surface area contributed by atoms with Crippen molar-refractivity contribution >= 4 is 0 Å².